The van der Waals surface area contributed by atoms with E-state index in [4.69, 9.17) is 9.47 Å². The van der Waals surface area contributed by atoms with Crippen LogP contribution in [0.2, 0.25) is 0 Å². The zero-order valence-corrected chi connectivity index (χ0v) is 12.3. The molecule has 0 spiro atoms. The predicted molar refractivity (Wildman–Crippen MR) is 78.5 cm³/mol. The topological polar surface area (TPSA) is 42.5 Å². The summed E-state index contributed by atoms with van der Waals surface area (Å²) in [4.78, 5) is 0. The fourth-order valence-corrected chi connectivity index (χ4v) is 2.61. The van der Waals surface area contributed by atoms with Gasteiger partial charge in [0.05, 0.1) is 19.9 Å². The van der Waals surface area contributed by atoms with Crippen molar-refractivity contribution in [3.63, 3.8) is 0 Å². The van der Waals surface area contributed by atoms with Crippen LogP contribution >= 0.6 is 0 Å². The summed E-state index contributed by atoms with van der Waals surface area (Å²) in [5.41, 5.74) is 3.29. The van der Waals surface area contributed by atoms with Gasteiger partial charge >= 0.3 is 0 Å². The van der Waals surface area contributed by atoms with Gasteiger partial charge in [-0.1, -0.05) is 0 Å². The third-order valence-electron chi connectivity index (χ3n) is 3.96. The first-order chi connectivity index (χ1) is 9.17. The maximum atomic E-state index is 5.54. The van der Waals surface area contributed by atoms with Gasteiger partial charge in [-0.2, -0.15) is 0 Å². The van der Waals surface area contributed by atoms with E-state index in [2.05, 4.69) is 24.5 Å². The van der Waals surface area contributed by atoms with Crippen LogP contribution in [0.1, 0.15) is 17.5 Å². The minimum atomic E-state index is 0.692. The number of methoxy groups -OCH3 is 2. The number of nitrogens with one attached hydrogen (secondary N) is 2. The third kappa shape index (κ3) is 2.95. The highest BCUT2D eigenvalue weighted by atomic mass is 16.5. The molecular weight excluding hydrogens is 240 g/mol. The molecule has 4 nitrogen and oxygen atoms in total. The molecule has 1 fully saturated rings. The zero-order chi connectivity index (χ0) is 13.8. The molecule has 1 unspecified atom stereocenters. The van der Waals surface area contributed by atoms with Gasteiger partial charge in [0.2, 0.25) is 0 Å². The van der Waals surface area contributed by atoms with E-state index in [1.165, 1.54) is 6.42 Å². The van der Waals surface area contributed by atoms with Crippen LogP contribution in [0.25, 0.3) is 0 Å². The molecule has 0 aliphatic carbocycles. The minimum absolute atomic E-state index is 0.692. The summed E-state index contributed by atoms with van der Waals surface area (Å²) >= 11 is 0. The van der Waals surface area contributed by atoms with Crippen LogP contribution in [-0.2, 0) is 0 Å². The average Bonchev–Trinajstić information content (AvgIpc) is 2.93. The number of hydrogen-bond donors (Lipinski definition) is 2. The summed E-state index contributed by atoms with van der Waals surface area (Å²) in [6.45, 7) is 7.31. The Morgan fingerprint density at radius 3 is 2.63 bits per heavy atom. The molecule has 0 radical (unpaired) electrons. The average molecular weight is 264 g/mol. The summed E-state index contributed by atoms with van der Waals surface area (Å²) in [7, 11) is 3.43. The molecular formula is C15H24N2O2. The maximum Gasteiger partial charge on any atom is 0.145 e. The first-order valence-electron chi connectivity index (χ1n) is 6.84. The van der Waals surface area contributed by atoms with Crippen molar-refractivity contribution in [1.82, 2.24) is 5.32 Å². The number of ether oxygens (including phenoxy) is 2. The molecule has 1 atom stereocenters. The number of hydrogen-bond acceptors (Lipinski definition) is 4. The smallest absolute Gasteiger partial charge is 0.145 e. The summed E-state index contributed by atoms with van der Waals surface area (Å²) in [6.07, 6.45) is 1.23. The SMILES string of the molecule is COc1cc(NCC2CCNC2)c(OC)c(C)c1C. The van der Waals surface area contributed by atoms with Crippen molar-refractivity contribution in [2.45, 2.75) is 20.3 Å². The van der Waals surface area contributed by atoms with Crippen LogP contribution in [0, 0.1) is 19.8 Å². The van der Waals surface area contributed by atoms with Crippen LogP contribution in [0.3, 0.4) is 0 Å². The Kier molecular flexibility index (Phi) is 4.53. The Labute approximate surface area is 115 Å². The lowest BCUT2D eigenvalue weighted by Crippen LogP contribution is -2.17. The molecule has 0 saturated carbocycles. The Morgan fingerprint density at radius 2 is 2.05 bits per heavy atom. The molecule has 0 aromatic heterocycles. The van der Waals surface area contributed by atoms with Crippen molar-refractivity contribution < 1.29 is 9.47 Å². The largest absolute Gasteiger partial charge is 0.496 e. The van der Waals surface area contributed by atoms with E-state index in [1.54, 1.807) is 14.2 Å². The van der Waals surface area contributed by atoms with Gasteiger partial charge in [-0.15, -0.1) is 0 Å². The Hall–Kier alpha value is -1.42. The molecule has 2 rings (SSSR count). The van der Waals surface area contributed by atoms with Gasteiger partial charge in [0, 0.05) is 12.6 Å². The summed E-state index contributed by atoms with van der Waals surface area (Å²) in [5, 5.41) is 6.89. The van der Waals surface area contributed by atoms with Crippen LogP contribution < -0.4 is 20.1 Å². The highest BCUT2D eigenvalue weighted by Gasteiger charge is 2.17. The fraction of sp³-hybridized carbons (Fsp3) is 0.600. The van der Waals surface area contributed by atoms with E-state index in [-0.39, 0.29) is 0 Å². The van der Waals surface area contributed by atoms with Crippen LogP contribution in [0.15, 0.2) is 6.07 Å². The quantitative estimate of drug-likeness (QED) is 0.856. The van der Waals surface area contributed by atoms with Crippen molar-refractivity contribution in [1.29, 1.82) is 0 Å². The first kappa shape index (κ1) is 14.0. The highest BCUT2D eigenvalue weighted by Crippen LogP contribution is 2.37. The van der Waals surface area contributed by atoms with Gasteiger partial charge in [-0.05, 0) is 50.4 Å². The molecule has 1 aliphatic heterocycles. The van der Waals surface area contributed by atoms with Gasteiger partial charge in [0.15, 0.2) is 0 Å². The second-order valence-corrected chi connectivity index (χ2v) is 5.15. The van der Waals surface area contributed by atoms with Gasteiger partial charge in [0.25, 0.3) is 0 Å². The second kappa shape index (κ2) is 6.15. The number of rotatable bonds is 5. The minimum Gasteiger partial charge on any atom is -0.496 e. The number of anilines is 1. The fourth-order valence-electron chi connectivity index (χ4n) is 2.61. The van der Waals surface area contributed by atoms with Crippen molar-refractivity contribution >= 4 is 5.69 Å². The lowest BCUT2D eigenvalue weighted by molar-refractivity contribution is 0.399. The van der Waals surface area contributed by atoms with Crippen LogP contribution in [0.5, 0.6) is 11.5 Å². The van der Waals surface area contributed by atoms with Crippen LogP contribution in [0.4, 0.5) is 5.69 Å². The number of benzene rings is 1. The first-order valence-corrected chi connectivity index (χ1v) is 6.84. The molecule has 0 bridgehead atoms. The molecule has 1 aromatic carbocycles. The van der Waals surface area contributed by atoms with Crippen molar-refractivity contribution in [3.05, 3.63) is 17.2 Å². The summed E-state index contributed by atoms with van der Waals surface area (Å²) in [6, 6.07) is 2.03. The van der Waals surface area contributed by atoms with E-state index >= 15 is 0 Å². The van der Waals surface area contributed by atoms with E-state index in [9.17, 15) is 0 Å². The van der Waals surface area contributed by atoms with Gasteiger partial charge in [-0.3, -0.25) is 0 Å². The van der Waals surface area contributed by atoms with Crippen molar-refractivity contribution in [2.24, 2.45) is 5.92 Å². The van der Waals surface area contributed by atoms with Gasteiger partial charge < -0.3 is 20.1 Å². The molecule has 19 heavy (non-hydrogen) atoms. The maximum absolute atomic E-state index is 5.54. The Morgan fingerprint density at radius 1 is 1.26 bits per heavy atom. The Bertz CT molecular complexity index is 440. The molecule has 1 aromatic rings. The lowest BCUT2D eigenvalue weighted by atomic mass is 10.1. The van der Waals surface area contributed by atoms with Gasteiger partial charge in [0.1, 0.15) is 11.5 Å². The standard InChI is InChI=1S/C15H24N2O2/c1-10-11(2)15(19-4)13(7-14(10)18-3)17-9-12-5-6-16-8-12/h7,12,16-17H,5-6,8-9H2,1-4H3. The predicted octanol–water partition coefficient (Wildman–Crippen LogP) is 2.34. The van der Waals surface area contributed by atoms with E-state index in [1.807, 2.05) is 6.07 Å². The lowest BCUT2D eigenvalue weighted by Gasteiger charge is -2.19. The summed E-state index contributed by atoms with van der Waals surface area (Å²) < 4.78 is 11.0. The normalized spacial score (nSPS) is 18.4. The van der Waals surface area contributed by atoms with Crippen molar-refractivity contribution in [2.75, 3.05) is 39.2 Å². The second-order valence-electron chi connectivity index (χ2n) is 5.15. The van der Waals surface area contributed by atoms with E-state index in [0.29, 0.717) is 5.92 Å². The molecule has 1 aliphatic rings. The molecule has 4 heteroatoms. The molecule has 106 valence electrons. The van der Waals surface area contributed by atoms with Crippen molar-refractivity contribution in [3.8, 4) is 11.5 Å². The highest BCUT2D eigenvalue weighted by molar-refractivity contribution is 5.66. The molecule has 1 heterocycles. The van der Waals surface area contributed by atoms with E-state index < -0.39 is 0 Å². The molecule has 1 saturated heterocycles. The summed E-state index contributed by atoms with van der Waals surface area (Å²) in [5.74, 6) is 2.52. The molecule has 2 N–H and O–H groups in total. The van der Waals surface area contributed by atoms with Gasteiger partial charge in [-0.25, -0.2) is 0 Å². The zero-order valence-electron chi connectivity index (χ0n) is 12.3. The third-order valence-corrected chi connectivity index (χ3v) is 3.96. The van der Waals surface area contributed by atoms with E-state index in [0.717, 1.165) is 47.9 Å². The molecule has 0 amide bonds. The Balaban J connectivity index is 2.19. The monoisotopic (exact) mass is 264 g/mol. The van der Waals surface area contributed by atoms with Crippen LogP contribution in [-0.4, -0.2) is 33.9 Å².